The lowest BCUT2D eigenvalue weighted by Crippen LogP contribution is -2.09. The summed E-state index contributed by atoms with van der Waals surface area (Å²) in [6, 6.07) is 20.9. The van der Waals surface area contributed by atoms with Gasteiger partial charge in [0.2, 0.25) is 0 Å². The SMILES string of the molecule is O=c1[nH]cc(-c2ccnc3ccccc23)cc1-c1nc2ccc(Oc3ccncc3)cc2[nH]1. The second-order valence-electron chi connectivity index (χ2n) is 7.56. The number of aromatic amines is 2. The number of hydrogen-bond acceptors (Lipinski definition) is 5. The third-order valence-corrected chi connectivity index (χ3v) is 5.46. The molecular formula is C26H17N5O2. The summed E-state index contributed by atoms with van der Waals surface area (Å²) in [5.74, 6) is 1.85. The van der Waals surface area contributed by atoms with Crippen LogP contribution in [0.2, 0.25) is 0 Å². The van der Waals surface area contributed by atoms with Crippen molar-refractivity contribution in [3.05, 3.63) is 102 Å². The molecule has 0 bridgehead atoms. The molecular weight excluding hydrogens is 414 g/mol. The summed E-state index contributed by atoms with van der Waals surface area (Å²) in [4.78, 5) is 31.9. The lowest BCUT2D eigenvalue weighted by molar-refractivity contribution is 0.482. The van der Waals surface area contributed by atoms with Gasteiger partial charge in [0.1, 0.15) is 17.3 Å². The van der Waals surface area contributed by atoms with Crippen molar-refractivity contribution in [2.24, 2.45) is 0 Å². The standard InChI is InChI=1S/C26H17N5O2/c32-26-21(13-16(15-29-26)19-9-12-28-22-4-2-1-3-20(19)22)25-30-23-6-5-18(14-24(23)31-25)33-17-7-10-27-11-8-17/h1-15H,(H,29,32)(H,30,31). The summed E-state index contributed by atoms with van der Waals surface area (Å²) in [7, 11) is 0. The molecule has 6 rings (SSSR count). The van der Waals surface area contributed by atoms with E-state index in [-0.39, 0.29) is 5.56 Å². The molecule has 0 atom stereocenters. The number of hydrogen-bond donors (Lipinski definition) is 2. The Bertz CT molecular complexity index is 1670. The zero-order valence-electron chi connectivity index (χ0n) is 17.3. The molecule has 4 heterocycles. The Balaban J connectivity index is 1.41. The van der Waals surface area contributed by atoms with Crippen LogP contribution in [0.25, 0.3) is 44.5 Å². The zero-order valence-corrected chi connectivity index (χ0v) is 17.3. The van der Waals surface area contributed by atoms with Crippen LogP contribution in [0.15, 0.2) is 96.3 Å². The molecule has 0 saturated heterocycles. The number of fused-ring (bicyclic) bond motifs is 2. The maximum atomic E-state index is 12.7. The number of imidazole rings is 1. The molecule has 0 unspecified atom stereocenters. The van der Waals surface area contributed by atoms with E-state index in [9.17, 15) is 4.79 Å². The first-order valence-corrected chi connectivity index (χ1v) is 10.4. The van der Waals surface area contributed by atoms with Gasteiger partial charge in [0, 0.05) is 36.2 Å². The maximum absolute atomic E-state index is 12.7. The summed E-state index contributed by atoms with van der Waals surface area (Å²) in [6.07, 6.45) is 6.84. The first-order chi connectivity index (χ1) is 16.2. The van der Waals surface area contributed by atoms with Gasteiger partial charge in [0.25, 0.3) is 5.56 Å². The van der Waals surface area contributed by atoms with Crippen molar-refractivity contribution >= 4 is 21.9 Å². The van der Waals surface area contributed by atoms with Crippen LogP contribution >= 0.6 is 0 Å². The van der Waals surface area contributed by atoms with Crippen molar-refractivity contribution < 1.29 is 4.74 Å². The molecule has 33 heavy (non-hydrogen) atoms. The first kappa shape index (κ1) is 18.9. The predicted octanol–water partition coefficient (Wildman–Crippen LogP) is 5.32. The Morgan fingerprint density at radius 1 is 0.788 bits per heavy atom. The Hall–Kier alpha value is -4.78. The topological polar surface area (TPSA) is 96.6 Å². The van der Waals surface area contributed by atoms with Gasteiger partial charge in [0.15, 0.2) is 0 Å². The molecule has 7 nitrogen and oxygen atoms in total. The molecule has 7 heteroatoms. The van der Waals surface area contributed by atoms with Gasteiger partial charge in [-0.25, -0.2) is 4.98 Å². The summed E-state index contributed by atoms with van der Waals surface area (Å²) in [5.41, 5.74) is 4.52. The third kappa shape index (κ3) is 3.51. The van der Waals surface area contributed by atoms with E-state index in [1.807, 2.05) is 54.6 Å². The van der Waals surface area contributed by atoms with Crippen LogP contribution in [0, 0.1) is 0 Å². The summed E-state index contributed by atoms with van der Waals surface area (Å²) in [5, 5.41) is 1.01. The highest BCUT2D eigenvalue weighted by Gasteiger charge is 2.13. The normalized spacial score (nSPS) is 11.2. The van der Waals surface area contributed by atoms with Gasteiger partial charge in [-0.3, -0.25) is 14.8 Å². The van der Waals surface area contributed by atoms with E-state index in [2.05, 4.69) is 24.9 Å². The second kappa shape index (κ2) is 7.72. The highest BCUT2D eigenvalue weighted by molar-refractivity contribution is 5.94. The Kier molecular flexibility index (Phi) is 4.43. The minimum atomic E-state index is -0.218. The lowest BCUT2D eigenvalue weighted by atomic mass is 10.0. The molecule has 0 aliphatic heterocycles. The number of ether oxygens (including phenoxy) is 1. The van der Waals surface area contributed by atoms with Crippen molar-refractivity contribution in [1.29, 1.82) is 0 Å². The molecule has 0 fully saturated rings. The summed E-state index contributed by atoms with van der Waals surface area (Å²) in [6.45, 7) is 0. The van der Waals surface area contributed by atoms with E-state index >= 15 is 0 Å². The first-order valence-electron chi connectivity index (χ1n) is 10.4. The van der Waals surface area contributed by atoms with Gasteiger partial charge in [-0.05, 0) is 53.6 Å². The van der Waals surface area contributed by atoms with Crippen molar-refractivity contribution in [2.75, 3.05) is 0 Å². The molecule has 0 saturated carbocycles. The number of nitrogens with one attached hydrogen (secondary N) is 2. The fraction of sp³-hybridized carbons (Fsp3) is 0. The minimum Gasteiger partial charge on any atom is -0.457 e. The van der Waals surface area contributed by atoms with Gasteiger partial charge >= 0.3 is 0 Å². The molecule has 2 N–H and O–H groups in total. The summed E-state index contributed by atoms with van der Waals surface area (Å²) < 4.78 is 5.88. The molecule has 2 aromatic carbocycles. The van der Waals surface area contributed by atoms with Crippen LogP contribution in [0.5, 0.6) is 11.5 Å². The smallest absolute Gasteiger partial charge is 0.259 e. The van der Waals surface area contributed by atoms with Crippen LogP contribution in [-0.4, -0.2) is 24.9 Å². The van der Waals surface area contributed by atoms with Gasteiger partial charge in [-0.15, -0.1) is 0 Å². The number of para-hydroxylation sites is 1. The number of nitrogens with zero attached hydrogens (tertiary/aromatic N) is 3. The average molecular weight is 431 g/mol. The van der Waals surface area contributed by atoms with Crippen LogP contribution in [0.1, 0.15) is 0 Å². The van der Waals surface area contributed by atoms with Crippen LogP contribution < -0.4 is 10.3 Å². The fourth-order valence-electron chi connectivity index (χ4n) is 3.88. The van der Waals surface area contributed by atoms with Crippen molar-refractivity contribution in [3.63, 3.8) is 0 Å². The molecule has 0 aliphatic carbocycles. The van der Waals surface area contributed by atoms with E-state index in [0.29, 0.717) is 22.9 Å². The fourth-order valence-corrected chi connectivity index (χ4v) is 3.88. The van der Waals surface area contributed by atoms with Crippen LogP contribution in [-0.2, 0) is 0 Å². The van der Waals surface area contributed by atoms with E-state index in [4.69, 9.17) is 4.74 Å². The van der Waals surface area contributed by atoms with E-state index in [0.717, 1.165) is 33.1 Å². The van der Waals surface area contributed by atoms with Gasteiger partial charge in [-0.2, -0.15) is 0 Å². The molecule has 0 amide bonds. The van der Waals surface area contributed by atoms with Crippen molar-refractivity contribution in [1.82, 2.24) is 24.9 Å². The molecule has 6 aromatic rings. The average Bonchev–Trinajstić information content (AvgIpc) is 3.28. The maximum Gasteiger partial charge on any atom is 0.259 e. The van der Waals surface area contributed by atoms with Crippen molar-refractivity contribution in [3.8, 4) is 34.0 Å². The van der Waals surface area contributed by atoms with Gasteiger partial charge < -0.3 is 14.7 Å². The summed E-state index contributed by atoms with van der Waals surface area (Å²) >= 11 is 0. The monoisotopic (exact) mass is 431 g/mol. The number of benzene rings is 2. The number of H-pyrrole nitrogens is 2. The Labute approximate surface area is 187 Å². The predicted molar refractivity (Wildman–Crippen MR) is 127 cm³/mol. The second-order valence-corrected chi connectivity index (χ2v) is 7.56. The van der Waals surface area contributed by atoms with Gasteiger partial charge in [-0.1, -0.05) is 18.2 Å². The van der Waals surface area contributed by atoms with E-state index in [1.165, 1.54) is 0 Å². The lowest BCUT2D eigenvalue weighted by Gasteiger charge is -2.07. The zero-order chi connectivity index (χ0) is 22.2. The van der Waals surface area contributed by atoms with Crippen LogP contribution in [0.4, 0.5) is 0 Å². The largest absolute Gasteiger partial charge is 0.457 e. The molecule has 4 aromatic heterocycles. The molecule has 158 valence electrons. The van der Waals surface area contributed by atoms with Crippen molar-refractivity contribution in [2.45, 2.75) is 0 Å². The Morgan fingerprint density at radius 2 is 1.67 bits per heavy atom. The molecule has 0 aliphatic rings. The minimum absolute atomic E-state index is 0.218. The molecule has 0 radical (unpaired) electrons. The highest BCUT2D eigenvalue weighted by Crippen LogP contribution is 2.30. The highest BCUT2D eigenvalue weighted by atomic mass is 16.5. The van der Waals surface area contributed by atoms with E-state index < -0.39 is 0 Å². The molecule has 0 spiro atoms. The van der Waals surface area contributed by atoms with Crippen LogP contribution in [0.3, 0.4) is 0 Å². The quantitative estimate of drug-likeness (QED) is 0.394. The van der Waals surface area contributed by atoms with Gasteiger partial charge in [0.05, 0.1) is 22.1 Å². The third-order valence-electron chi connectivity index (χ3n) is 5.46. The van der Waals surface area contributed by atoms with E-state index in [1.54, 1.807) is 36.9 Å². The number of aromatic nitrogens is 5. The Morgan fingerprint density at radius 3 is 2.58 bits per heavy atom. The number of rotatable bonds is 4. The number of pyridine rings is 3.